The Labute approximate surface area is 123 Å². The first kappa shape index (κ1) is 14.9. The fraction of sp³-hybridized carbons (Fsp3) is 0.200. The molecule has 0 aliphatic rings. The van der Waals surface area contributed by atoms with Crippen molar-refractivity contribution in [1.82, 2.24) is 0 Å². The maximum Gasteiger partial charge on any atom is 0.261 e. The van der Waals surface area contributed by atoms with Crippen molar-refractivity contribution in [2.75, 3.05) is 0 Å². The van der Waals surface area contributed by atoms with Gasteiger partial charge in [0.15, 0.2) is 0 Å². The topological polar surface area (TPSA) is 43.4 Å². The first-order valence-electron chi connectivity index (χ1n) is 6.10. The lowest BCUT2D eigenvalue weighted by atomic mass is 10.1. The van der Waals surface area contributed by atoms with E-state index in [-0.39, 0.29) is 4.90 Å². The van der Waals surface area contributed by atoms with E-state index in [1.54, 1.807) is 12.1 Å². The van der Waals surface area contributed by atoms with Crippen molar-refractivity contribution < 1.29 is 13.2 Å². The lowest BCUT2D eigenvalue weighted by Gasteiger charge is -2.10. The molecule has 106 valence electrons. The summed E-state index contributed by atoms with van der Waals surface area (Å²) >= 11 is 0. The minimum Gasteiger partial charge on any atom is -0.489 e. The molecule has 0 fully saturated rings. The van der Waals surface area contributed by atoms with Gasteiger partial charge in [0.2, 0.25) is 0 Å². The van der Waals surface area contributed by atoms with E-state index in [4.69, 9.17) is 15.4 Å². The van der Waals surface area contributed by atoms with Crippen LogP contribution in [-0.2, 0) is 15.7 Å². The van der Waals surface area contributed by atoms with Crippen molar-refractivity contribution in [3.63, 3.8) is 0 Å². The van der Waals surface area contributed by atoms with Gasteiger partial charge in [0.25, 0.3) is 9.05 Å². The van der Waals surface area contributed by atoms with Gasteiger partial charge in [-0.2, -0.15) is 0 Å². The molecule has 0 heterocycles. The van der Waals surface area contributed by atoms with Crippen molar-refractivity contribution in [1.29, 1.82) is 0 Å². The molecule has 0 amide bonds. The second-order valence-corrected chi connectivity index (χ2v) is 7.19. The zero-order chi connectivity index (χ0) is 14.8. The summed E-state index contributed by atoms with van der Waals surface area (Å²) in [6, 6.07) is 12.2. The Morgan fingerprint density at radius 3 is 2.30 bits per heavy atom. The molecule has 0 spiro atoms. The summed E-state index contributed by atoms with van der Waals surface area (Å²) in [6.45, 7) is 4.50. The molecule has 0 saturated heterocycles. The maximum atomic E-state index is 11.1. The first-order valence-corrected chi connectivity index (χ1v) is 8.41. The Morgan fingerprint density at radius 1 is 1.05 bits per heavy atom. The summed E-state index contributed by atoms with van der Waals surface area (Å²) in [7, 11) is 1.57. The van der Waals surface area contributed by atoms with Crippen molar-refractivity contribution in [2.24, 2.45) is 0 Å². The van der Waals surface area contributed by atoms with Gasteiger partial charge in [-0.25, -0.2) is 8.42 Å². The van der Waals surface area contributed by atoms with Crippen LogP contribution in [0.4, 0.5) is 0 Å². The minimum absolute atomic E-state index is 0.0678. The minimum atomic E-state index is -3.68. The first-order chi connectivity index (χ1) is 9.36. The highest BCUT2D eigenvalue weighted by atomic mass is 35.7. The summed E-state index contributed by atoms with van der Waals surface area (Å²) in [4.78, 5) is 0.0678. The van der Waals surface area contributed by atoms with E-state index >= 15 is 0 Å². The predicted octanol–water partition coefficient (Wildman–Crippen LogP) is 3.81. The predicted molar refractivity (Wildman–Crippen MR) is 79.7 cm³/mol. The van der Waals surface area contributed by atoms with Crippen LogP contribution in [0.5, 0.6) is 5.75 Å². The molecule has 0 aromatic heterocycles. The van der Waals surface area contributed by atoms with E-state index < -0.39 is 9.05 Å². The average Bonchev–Trinajstić information content (AvgIpc) is 2.39. The van der Waals surface area contributed by atoms with Crippen molar-refractivity contribution >= 4 is 19.7 Å². The molecular formula is C15H15ClO3S. The number of halogens is 1. The van der Waals surface area contributed by atoms with Gasteiger partial charge < -0.3 is 4.74 Å². The number of benzene rings is 2. The molecule has 2 rings (SSSR count). The van der Waals surface area contributed by atoms with E-state index in [0.717, 1.165) is 11.1 Å². The summed E-state index contributed by atoms with van der Waals surface area (Å²) in [6.07, 6.45) is 0. The summed E-state index contributed by atoms with van der Waals surface area (Å²) < 4.78 is 27.9. The van der Waals surface area contributed by atoms with E-state index in [9.17, 15) is 8.42 Å². The second-order valence-electron chi connectivity index (χ2n) is 4.63. The van der Waals surface area contributed by atoms with Crippen LogP contribution in [0.15, 0.2) is 47.4 Å². The molecule has 0 radical (unpaired) electrons. The molecule has 3 nitrogen and oxygen atoms in total. The molecule has 2 aromatic rings. The van der Waals surface area contributed by atoms with Gasteiger partial charge in [-0.1, -0.05) is 23.8 Å². The standard InChI is InChI=1S/C15H15ClO3S/c1-11-3-4-12(2)13(9-11)10-19-14-5-7-15(8-6-14)20(16,17)18/h3-9H,10H2,1-2H3. The third kappa shape index (κ3) is 3.74. The Balaban J connectivity index is 2.10. The molecule has 20 heavy (non-hydrogen) atoms. The molecule has 0 N–H and O–H groups in total. The molecular weight excluding hydrogens is 296 g/mol. The normalized spacial score (nSPS) is 11.3. The molecule has 5 heteroatoms. The molecule has 0 bridgehead atoms. The number of ether oxygens (including phenoxy) is 1. The van der Waals surface area contributed by atoms with E-state index in [2.05, 4.69) is 18.2 Å². The molecule has 0 aliphatic heterocycles. The average molecular weight is 311 g/mol. The van der Waals surface area contributed by atoms with Gasteiger partial charge in [0.05, 0.1) is 4.90 Å². The van der Waals surface area contributed by atoms with Crippen LogP contribution in [0.3, 0.4) is 0 Å². The van der Waals surface area contributed by atoms with Crippen LogP contribution < -0.4 is 4.74 Å². The molecule has 0 saturated carbocycles. The fourth-order valence-electron chi connectivity index (χ4n) is 1.82. The highest BCUT2D eigenvalue weighted by Gasteiger charge is 2.09. The van der Waals surface area contributed by atoms with Crippen LogP contribution in [0.1, 0.15) is 16.7 Å². The van der Waals surface area contributed by atoms with Gasteiger partial charge in [-0.15, -0.1) is 0 Å². The highest BCUT2D eigenvalue weighted by molar-refractivity contribution is 8.13. The Morgan fingerprint density at radius 2 is 1.70 bits per heavy atom. The molecule has 2 aromatic carbocycles. The van der Waals surface area contributed by atoms with Crippen molar-refractivity contribution in [2.45, 2.75) is 25.3 Å². The smallest absolute Gasteiger partial charge is 0.261 e. The number of rotatable bonds is 4. The Kier molecular flexibility index (Phi) is 4.35. The Hall–Kier alpha value is -1.52. The molecule has 0 atom stereocenters. The van der Waals surface area contributed by atoms with Gasteiger partial charge in [0, 0.05) is 10.7 Å². The quantitative estimate of drug-likeness (QED) is 0.807. The zero-order valence-electron chi connectivity index (χ0n) is 11.3. The summed E-state index contributed by atoms with van der Waals surface area (Å²) in [5.74, 6) is 0.606. The largest absolute Gasteiger partial charge is 0.489 e. The van der Waals surface area contributed by atoms with Crippen LogP contribution >= 0.6 is 10.7 Å². The van der Waals surface area contributed by atoms with Gasteiger partial charge >= 0.3 is 0 Å². The fourth-order valence-corrected chi connectivity index (χ4v) is 2.59. The SMILES string of the molecule is Cc1ccc(C)c(COc2ccc(S(=O)(=O)Cl)cc2)c1. The number of hydrogen-bond acceptors (Lipinski definition) is 3. The lowest BCUT2D eigenvalue weighted by molar-refractivity contribution is 0.305. The number of hydrogen-bond donors (Lipinski definition) is 0. The second kappa shape index (κ2) is 5.85. The Bertz CT molecular complexity index is 706. The van der Waals surface area contributed by atoms with Crippen LogP contribution in [0, 0.1) is 13.8 Å². The zero-order valence-corrected chi connectivity index (χ0v) is 12.8. The molecule has 0 unspecified atom stereocenters. The van der Waals surface area contributed by atoms with E-state index in [0.29, 0.717) is 12.4 Å². The maximum absolute atomic E-state index is 11.1. The summed E-state index contributed by atoms with van der Waals surface area (Å²) in [5, 5.41) is 0. The van der Waals surface area contributed by atoms with Gasteiger partial charge in [0.1, 0.15) is 12.4 Å². The summed E-state index contributed by atoms with van der Waals surface area (Å²) in [5.41, 5.74) is 3.45. The van der Waals surface area contributed by atoms with Gasteiger partial charge in [-0.05, 0) is 49.2 Å². The van der Waals surface area contributed by atoms with Crippen LogP contribution in [0.25, 0.3) is 0 Å². The van der Waals surface area contributed by atoms with E-state index in [1.165, 1.54) is 17.7 Å². The molecule has 0 aliphatic carbocycles. The lowest BCUT2D eigenvalue weighted by Crippen LogP contribution is -1.99. The van der Waals surface area contributed by atoms with E-state index in [1.807, 2.05) is 13.8 Å². The third-order valence-electron chi connectivity index (χ3n) is 3.00. The van der Waals surface area contributed by atoms with Crippen molar-refractivity contribution in [3.05, 3.63) is 59.2 Å². The third-order valence-corrected chi connectivity index (χ3v) is 4.37. The van der Waals surface area contributed by atoms with Crippen LogP contribution in [-0.4, -0.2) is 8.42 Å². The highest BCUT2D eigenvalue weighted by Crippen LogP contribution is 2.20. The van der Waals surface area contributed by atoms with Crippen LogP contribution in [0.2, 0.25) is 0 Å². The monoisotopic (exact) mass is 310 g/mol. The van der Waals surface area contributed by atoms with Crippen molar-refractivity contribution in [3.8, 4) is 5.75 Å². The van der Waals surface area contributed by atoms with Gasteiger partial charge in [-0.3, -0.25) is 0 Å². The number of aryl methyl sites for hydroxylation is 2.